The van der Waals surface area contributed by atoms with Crippen molar-refractivity contribution in [3.63, 3.8) is 0 Å². The van der Waals surface area contributed by atoms with Crippen molar-refractivity contribution in [2.24, 2.45) is 0 Å². The minimum atomic E-state index is -0.857. The summed E-state index contributed by atoms with van der Waals surface area (Å²) in [5.41, 5.74) is 2.44. The number of carbonyl (C=O) groups is 2. The number of aryl methyl sites for hydroxylation is 1. The lowest BCUT2D eigenvalue weighted by Gasteiger charge is -2.26. The fourth-order valence-electron chi connectivity index (χ4n) is 4.18. The van der Waals surface area contributed by atoms with E-state index in [1.807, 2.05) is 26.0 Å². The summed E-state index contributed by atoms with van der Waals surface area (Å²) in [5, 5.41) is 11.4. The van der Waals surface area contributed by atoms with Crippen LogP contribution in [0.4, 0.5) is 5.69 Å². The van der Waals surface area contributed by atoms with Crippen LogP contribution >= 0.6 is 0 Å². The quantitative estimate of drug-likeness (QED) is 0.294. The molecule has 0 saturated carbocycles. The number of ether oxygens (including phenoxy) is 3. The zero-order valence-corrected chi connectivity index (χ0v) is 20.1. The van der Waals surface area contributed by atoms with Crippen LogP contribution in [0.5, 0.6) is 17.2 Å². The van der Waals surface area contributed by atoms with Crippen molar-refractivity contribution in [3.8, 4) is 17.2 Å². The Morgan fingerprint density at radius 1 is 0.914 bits per heavy atom. The molecule has 7 heteroatoms. The van der Waals surface area contributed by atoms with Crippen molar-refractivity contribution in [1.82, 2.24) is 0 Å². The van der Waals surface area contributed by atoms with Gasteiger partial charge in [0, 0.05) is 5.69 Å². The SMILES string of the molecule is CCOc1ccc(C2/C(=C(\O)c3cc(OC)ccc3OC)C(=O)C(=O)N2c2ccc(C)cc2)cc1. The smallest absolute Gasteiger partial charge is 0.300 e. The summed E-state index contributed by atoms with van der Waals surface area (Å²) in [6.07, 6.45) is 0. The number of methoxy groups -OCH3 is 2. The second kappa shape index (κ2) is 9.93. The van der Waals surface area contributed by atoms with E-state index in [-0.39, 0.29) is 16.9 Å². The Balaban J connectivity index is 1.94. The zero-order valence-electron chi connectivity index (χ0n) is 20.1. The van der Waals surface area contributed by atoms with Gasteiger partial charge in [-0.25, -0.2) is 0 Å². The Bertz CT molecular complexity index is 1280. The number of carbonyl (C=O) groups excluding carboxylic acids is 2. The van der Waals surface area contributed by atoms with E-state index >= 15 is 0 Å². The molecule has 0 radical (unpaired) electrons. The third-order valence-electron chi connectivity index (χ3n) is 5.93. The zero-order chi connectivity index (χ0) is 25.1. The van der Waals surface area contributed by atoms with Gasteiger partial charge in [-0.1, -0.05) is 29.8 Å². The minimum absolute atomic E-state index is 0.0358. The molecule has 180 valence electrons. The first-order valence-electron chi connectivity index (χ1n) is 11.2. The summed E-state index contributed by atoms with van der Waals surface area (Å²) in [6, 6.07) is 18.5. The minimum Gasteiger partial charge on any atom is -0.507 e. The second-order valence-corrected chi connectivity index (χ2v) is 8.07. The maximum Gasteiger partial charge on any atom is 0.300 e. The monoisotopic (exact) mass is 473 g/mol. The van der Waals surface area contributed by atoms with E-state index in [0.29, 0.717) is 35.1 Å². The number of benzene rings is 3. The van der Waals surface area contributed by atoms with Crippen LogP contribution in [0, 0.1) is 6.92 Å². The Morgan fingerprint density at radius 3 is 2.17 bits per heavy atom. The first kappa shape index (κ1) is 23.9. The predicted molar refractivity (Wildman–Crippen MR) is 133 cm³/mol. The van der Waals surface area contributed by atoms with Gasteiger partial charge in [0.15, 0.2) is 0 Å². The van der Waals surface area contributed by atoms with Gasteiger partial charge < -0.3 is 19.3 Å². The van der Waals surface area contributed by atoms with Gasteiger partial charge in [-0.2, -0.15) is 0 Å². The van der Waals surface area contributed by atoms with E-state index < -0.39 is 17.7 Å². The van der Waals surface area contributed by atoms with Gasteiger partial charge in [0.2, 0.25) is 0 Å². The Morgan fingerprint density at radius 2 is 1.57 bits per heavy atom. The fourth-order valence-corrected chi connectivity index (χ4v) is 4.18. The van der Waals surface area contributed by atoms with E-state index in [0.717, 1.165) is 5.56 Å². The van der Waals surface area contributed by atoms with Crippen molar-refractivity contribution in [1.29, 1.82) is 0 Å². The summed E-state index contributed by atoms with van der Waals surface area (Å²) >= 11 is 0. The molecule has 7 nitrogen and oxygen atoms in total. The average molecular weight is 474 g/mol. The van der Waals surface area contributed by atoms with Crippen LogP contribution in [0.1, 0.15) is 29.7 Å². The van der Waals surface area contributed by atoms with Crippen LogP contribution in [-0.2, 0) is 9.59 Å². The van der Waals surface area contributed by atoms with Gasteiger partial charge in [0.05, 0.1) is 38.0 Å². The Kier molecular flexibility index (Phi) is 6.78. The van der Waals surface area contributed by atoms with E-state index in [2.05, 4.69) is 0 Å². The molecule has 0 bridgehead atoms. The van der Waals surface area contributed by atoms with Crippen LogP contribution in [-0.4, -0.2) is 37.6 Å². The molecule has 0 spiro atoms. The molecule has 1 aliphatic heterocycles. The number of ketones is 1. The molecule has 3 aromatic rings. The highest BCUT2D eigenvalue weighted by Crippen LogP contribution is 2.44. The molecule has 1 unspecified atom stereocenters. The number of amides is 1. The third kappa shape index (κ3) is 4.45. The number of nitrogens with zero attached hydrogens (tertiary/aromatic N) is 1. The topological polar surface area (TPSA) is 85.3 Å². The highest BCUT2D eigenvalue weighted by Gasteiger charge is 2.47. The molecule has 1 aliphatic rings. The van der Waals surface area contributed by atoms with Crippen molar-refractivity contribution in [3.05, 3.63) is 89.0 Å². The summed E-state index contributed by atoms with van der Waals surface area (Å²) < 4.78 is 16.3. The normalized spacial score (nSPS) is 16.9. The molecule has 0 aromatic heterocycles. The lowest BCUT2D eigenvalue weighted by Crippen LogP contribution is -2.29. The number of rotatable bonds is 7. The average Bonchev–Trinajstić information content (AvgIpc) is 3.14. The van der Waals surface area contributed by atoms with E-state index in [9.17, 15) is 14.7 Å². The van der Waals surface area contributed by atoms with E-state index in [4.69, 9.17) is 14.2 Å². The number of hydrogen-bond donors (Lipinski definition) is 1. The summed E-state index contributed by atoms with van der Waals surface area (Å²) in [6.45, 7) is 4.34. The third-order valence-corrected chi connectivity index (χ3v) is 5.93. The fraction of sp³-hybridized carbons (Fsp3) is 0.214. The molecule has 1 N–H and O–H groups in total. The first-order valence-corrected chi connectivity index (χ1v) is 11.2. The Labute approximate surface area is 204 Å². The summed E-state index contributed by atoms with van der Waals surface area (Å²) in [5.74, 6) is -0.374. The van der Waals surface area contributed by atoms with Gasteiger partial charge in [0.1, 0.15) is 23.0 Å². The maximum atomic E-state index is 13.4. The van der Waals surface area contributed by atoms with Crippen LogP contribution in [0.2, 0.25) is 0 Å². The molecular formula is C28H27NO6. The molecule has 1 fully saturated rings. The number of aliphatic hydroxyl groups is 1. The molecule has 3 aromatic carbocycles. The highest BCUT2D eigenvalue weighted by molar-refractivity contribution is 6.51. The van der Waals surface area contributed by atoms with Gasteiger partial charge in [-0.3, -0.25) is 14.5 Å². The first-order chi connectivity index (χ1) is 16.9. The van der Waals surface area contributed by atoms with E-state index in [1.54, 1.807) is 54.6 Å². The molecule has 35 heavy (non-hydrogen) atoms. The molecule has 0 aliphatic carbocycles. The second-order valence-electron chi connectivity index (χ2n) is 8.07. The van der Waals surface area contributed by atoms with Crippen molar-refractivity contribution in [2.45, 2.75) is 19.9 Å². The van der Waals surface area contributed by atoms with Crippen LogP contribution in [0.25, 0.3) is 5.76 Å². The van der Waals surface area contributed by atoms with Gasteiger partial charge in [-0.05, 0) is 61.9 Å². The molecule has 1 atom stereocenters. The number of anilines is 1. The van der Waals surface area contributed by atoms with Gasteiger partial charge in [0.25, 0.3) is 11.7 Å². The maximum absolute atomic E-state index is 13.4. The number of Topliss-reactive ketones (excluding diaryl/α,β-unsaturated/α-hetero) is 1. The molecule has 1 heterocycles. The van der Waals surface area contributed by atoms with Crippen LogP contribution in [0.15, 0.2) is 72.3 Å². The lowest BCUT2D eigenvalue weighted by molar-refractivity contribution is -0.132. The summed E-state index contributed by atoms with van der Waals surface area (Å²) in [7, 11) is 2.97. The largest absolute Gasteiger partial charge is 0.507 e. The molecule has 1 saturated heterocycles. The molecule has 1 amide bonds. The van der Waals surface area contributed by atoms with Crippen molar-refractivity contribution in [2.75, 3.05) is 25.7 Å². The highest BCUT2D eigenvalue weighted by atomic mass is 16.5. The van der Waals surface area contributed by atoms with E-state index in [1.165, 1.54) is 19.1 Å². The summed E-state index contributed by atoms with van der Waals surface area (Å²) in [4.78, 5) is 28.1. The van der Waals surface area contributed by atoms with Crippen LogP contribution < -0.4 is 19.1 Å². The molecular weight excluding hydrogens is 446 g/mol. The number of hydrogen-bond acceptors (Lipinski definition) is 6. The van der Waals surface area contributed by atoms with Crippen molar-refractivity contribution >= 4 is 23.1 Å². The van der Waals surface area contributed by atoms with Gasteiger partial charge in [-0.15, -0.1) is 0 Å². The Hall–Kier alpha value is -4.26. The van der Waals surface area contributed by atoms with Crippen LogP contribution in [0.3, 0.4) is 0 Å². The van der Waals surface area contributed by atoms with Gasteiger partial charge >= 0.3 is 0 Å². The van der Waals surface area contributed by atoms with Crippen molar-refractivity contribution < 1.29 is 28.9 Å². The lowest BCUT2D eigenvalue weighted by atomic mass is 9.94. The predicted octanol–water partition coefficient (Wildman–Crippen LogP) is 5.04. The standard InChI is InChI=1S/C28H27NO6/c1-5-35-20-12-8-18(9-13-20)25-24(26(30)22-16-21(33-3)14-15-23(22)34-4)27(31)28(32)29(25)19-10-6-17(2)7-11-19/h6-16,25,30H,5H2,1-4H3/b26-24+. The molecule has 4 rings (SSSR count). The number of aliphatic hydroxyl groups excluding tert-OH is 1.